The summed E-state index contributed by atoms with van der Waals surface area (Å²) in [6, 6.07) is 5.96. The first kappa shape index (κ1) is 18.6. The predicted molar refractivity (Wildman–Crippen MR) is 107 cm³/mol. The summed E-state index contributed by atoms with van der Waals surface area (Å²) >= 11 is 7.54. The van der Waals surface area contributed by atoms with Gasteiger partial charge in [0.2, 0.25) is 11.9 Å². The Morgan fingerprint density at radius 2 is 2.11 bits per heavy atom. The maximum atomic E-state index is 12.3. The number of benzene rings is 1. The van der Waals surface area contributed by atoms with Crippen molar-refractivity contribution in [2.45, 2.75) is 31.0 Å². The summed E-state index contributed by atoms with van der Waals surface area (Å²) in [5.41, 5.74) is 1.69. The van der Waals surface area contributed by atoms with E-state index in [0.717, 1.165) is 42.6 Å². The number of carbonyl (C=O) groups excluding carboxylic acids is 1. The summed E-state index contributed by atoms with van der Waals surface area (Å²) in [7, 11) is 0. The molecule has 9 heteroatoms. The van der Waals surface area contributed by atoms with Crippen molar-refractivity contribution in [3.05, 3.63) is 28.8 Å². The number of aryl methyl sites for hydroxylation is 1. The van der Waals surface area contributed by atoms with Crippen LogP contribution in [0.2, 0.25) is 5.02 Å². The van der Waals surface area contributed by atoms with Gasteiger partial charge >= 0.3 is 0 Å². The molecule has 144 valence electrons. The Morgan fingerprint density at radius 3 is 2.81 bits per heavy atom. The SMILES string of the molecule is Cc1ccc(NC(=O)CSc2nnc(N3CCOCC3)n2C2CC2)cc1Cl. The highest BCUT2D eigenvalue weighted by Gasteiger charge is 2.32. The van der Waals surface area contributed by atoms with Crippen molar-refractivity contribution in [1.82, 2.24) is 14.8 Å². The van der Waals surface area contributed by atoms with E-state index in [4.69, 9.17) is 16.3 Å². The van der Waals surface area contributed by atoms with E-state index >= 15 is 0 Å². The lowest BCUT2D eigenvalue weighted by atomic mass is 10.2. The highest BCUT2D eigenvalue weighted by atomic mass is 35.5. The fraction of sp³-hybridized carbons (Fsp3) is 0.500. The van der Waals surface area contributed by atoms with Gasteiger partial charge in [0.05, 0.1) is 19.0 Å². The second-order valence-electron chi connectivity index (χ2n) is 6.78. The van der Waals surface area contributed by atoms with Crippen molar-refractivity contribution in [2.75, 3.05) is 42.3 Å². The molecule has 1 aromatic carbocycles. The lowest BCUT2D eigenvalue weighted by Crippen LogP contribution is -2.38. The number of carbonyl (C=O) groups is 1. The van der Waals surface area contributed by atoms with E-state index in [1.165, 1.54) is 11.8 Å². The lowest BCUT2D eigenvalue weighted by molar-refractivity contribution is -0.113. The molecule has 1 saturated carbocycles. The van der Waals surface area contributed by atoms with E-state index in [0.29, 0.717) is 30.0 Å². The van der Waals surface area contributed by atoms with Gasteiger partial charge < -0.3 is 15.0 Å². The lowest BCUT2D eigenvalue weighted by Gasteiger charge is -2.27. The van der Waals surface area contributed by atoms with Crippen LogP contribution in [0.1, 0.15) is 24.4 Å². The number of halogens is 1. The number of hydrogen-bond donors (Lipinski definition) is 1. The number of aromatic nitrogens is 3. The molecule has 1 aromatic heterocycles. The van der Waals surface area contributed by atoms with Crippen LogP contribution in [0.15, 0.2) is 23.4 Å². The third kappa shape index (κ3) is 4.39. The number of amides is 1. The third-order valence-corrected chi connectivity index (χ3v) is 5.99. The molecule has 0 radical (unpaired) electrons. The van der Waals surface area contributed by atoms with Gasteiger partial charge in [-0.25, -0.2) is 0 Å². The van der Waals surface area contributed by atoms with Crippen LogP contribution >= 0.6 is 23.4 Å². The number of hydrogen-bond acceptors (Lipinski definition) is 6. The van der Waals surface area contributed by atoms with Gasteiger partial charge in [0, 0.05) is 29.8 Å². The van der Waals surface area contributed by atoms with Gasteiger partial charge in [-0.15, -0.1) is 10.2 Å². The summed E-state index contributed by atoms with van der Waals surface area (Å²) in [6.45, 7) is 5.00. The maximum Gasteiger partial charge on any atom is 0.234 e. The second-order valence-corrected chi connectivity index (χ2v) is 8.13. The van der Waals surface area contributed by atoms with E-state index < -0.39 is 0 Å². The van der Waals surface area contributed by atoms with Crippen LogP contribution in [0, 0.1) is 6.92 Å². The average molecular weight is 408 g/mol. The maximum absolute atomic E-state index is 12.3. The van der Waals surface area contributed by atoms with Gasteiger partial charge in [-0.05, 0) is 37.5 Å². The summed E-state index contributed by atoms with van der Waals surface area (Å²) in [5, 5.41) is 13.1. The largest absolute Gasteiger partial charge is 0.378 e. The van der Waals surface area contributed by atoms with Crippen LogP contribution in [-0.4, -0.2) is 52.7 Å². The molecular formula is C18H22ClN5O2S. The van der Waals surface area contributed by atoms with Gasteiger partial charge in [0.1, 0.15) is 0 Å². The van der Waals surface area contributed by atoms with Crippen molar-refractivity contribution in [2.24, 2.45) is 0 Å². The van der Waals surface area contributed by atoms with Gasteiger partial charge in [-0.3, -0.25) is 9.36 Å². The molecule has 1 amide bonds. The first-order chi connectivity index (χ1) is 13.1. The minimum atomic E-state index is -0.0850. The standard InChI is InChI=1S/C18H22ClN5O2S/c1-12-2-3-13(10-15(12)19)20-16(25)11-27-18-22-21-17(24(18)14-4-5-14)23-6-8-26-9-7-23/h2-3,10,14H,4-9,11H2,1H3,(H,20,25). The molecular weight excluding hydrogens is 386 g/mol. The molecule has 7 nitrogen and oxygen atoms in total. The summed E-state index contributed by atoms with van der Waals surface area (Å²) in [4.78, 5) is 14.5. The average Bonchev–Trinajstić information content (AvgIpc) is 3.43. The number of thioether (sulfide) groups is 1. The number of nitrogens with zero attached hydrogens (tertiary/aromatic N) is 4. The Balaban J connectivity index is 1.41. The molecule has 2 aliphatic rings. The molecule has 27 heavy (non-hydrogen) atoms. The molecule has 1 saturated heterocycles. The van der Waals surface area contributed by atoms with Crippen LogP contribution in [0.5, 0.6) is 0 Å². The number of morpholine rings is 1. The van der Waals surface area contributed by atoms with E-state index in [2.05, 4.69) is 25.0 Å². The minimum absolute atomic E-state index is 0.0850. The number of nitrogens with one attached hydrogen (secondary N) is 1. The molecule has 4 rings (SSSR count). The van der Waals surface area contributed by atoms with Crippen LogP contribution in [-0.2, 0) is 9.53 Å². The number of ether oxygens (including phenoxy) is 1. The third-order valence-electron chi connectivity index (χ3n) is 4.64. The first-order valence-electron chi connectivity index (χ1n) is 9.08. The number of rotatable bonds is 6. The second kappa shape index (κ2) is 8.08. The molecule has 0 spiro atoms. The quantitative estimate of drug-likeness (QED) is 0.741. The van der Waals surface area contributed by atoms with Gasteiger partial charge in [0.15, 0.2) is 5.16 Å². The van der Waals surface area contributed by atoms with Crippen molar-refractivity contribution >= 4 is 40.9 Å². The van der Waals surface area contributed by atoms with E-state index in [1.54, 1.807) is 6.07 Å². The first-order valence-corrected chi connectivity index (χ1v) is 10.4. The van der Waals surface area contributed by atoms with Crippen molar-refractivity contribution in [3.63, 3.8) is 0 Å². The van der Waals surface area contributed by atoms with Gasteiger partial charge in [0.25, 0.3) is 0 Å². The Morgan fingerprint density at radius 1 is 1.33 bits per heavy atom. The van der Waals surface area contributed by atoms with Crippen LogP contribution in [0.4, 0.5) is 11.6 Å². The van der Waals surface area contributed by atoms with Gasteiger partial charge in [-0.2, -0.15) is 0 Å². The van der Waals surface area contributed by atoms with E-state index in [9.17, 15) is 4.79 Å². The zero-order valence-electron chi connectivity index (χ0n) is 15.2. The van der Waals surface area contributed by atoms with Gasteiger partial charge in [-0.1, -0.05) is 29.4 Å². The number of anilines is 2. The molecule has 0 atom stereocenters. The summed E-state index contributed by atoms with van der Waals surface area (Å²) < 4.78 is 7.62. The Labute approximate surface area is 167 Å². The van der Waals surface area contributed by atoms with Crippen molar-refractivity contribution in [1.29, 1.82) is 0 Å². The molecule has 2 fully saturated rings. The molecule has 1 aliphatic heterocycles. The van der Waals surface area contributed by atoms with Crippen molar-refractivity contribution in [3.8, 4) is 0 Å². The van der Waals surface area contributed by atoms with Crippen LogP contribution in [0.25, 0.3) is 0 Å². The topological polar surface area (TPSA) is 72.3 Å². The fourth-order valence-electron chi connectivity index (χ4n) is 3.00. The van der Waals surface area contributed by atoms with E-state index in [-0.39, 0.29) is 11.7 Å². The van der Waals surface area contributed by atoms with Crippen molar-refractivity contribution < 1.29 is 9.53 Å². The molecule has 1 N–H and O–H groups in total. The Kier molecular flexibility index (Phi) is 5.56. The van der Waals surface area contributed by atoms with E-state index in [1.807, 2.05) is 19.1 Å². The van der Waals surface area contributed by atoms with Crippen LogP contribution in [0.3, 0.4) is 0 Å². The molecule has 2 aromatic rings. The molecule has 0 unspecified atom stereocenters. The van der Waals surface area contributed by atoms with Crippen LogP contribution < -0.4 is 10.2 Å². The highest BCUT2D eigenvalue weighted by Crippen LogP contribution is 2.41. The predicted octanol–water partition coefficient (Wildman–Crippen LogP) is 3.14. The highest BCUT2D eigenvalue weighted by molar-refractivity contribution is 7.99. The Hall–Kier alpha value is -1.77. The molecule has 2 heterocycles. The smallest absolute Gasteiger partial charge is 0.234 e. The monoisotopic (exact) mass is 407 g/mol. The zero-order chi connectivity index (χ0) is 18.8. The Bertz CT molecular complexity index is 833. The fourth-order valence-corrected chi connectivity index (χ4v) is 3.98. The summed E-state index contributed by atoms with van der Waals surface area (Å²) in [6.07, 6.45) is 2.27. The normalized spacial score (nSPS) is 17.2. The molecule has 1 aliphatic carbocycles. The molecule has 0 bridgehead atoms. The zero-order valence-corrected chi connectivity index (χ0v) is 16.7. The summed E-state index contributed by atoms with van der Waals surface area (Å²) in [5.74, 6) is 1.09. The minimum Gasteiger partial charge on any atom is -0.378 e.